The molecule has 154 valence electrons. The summed E-state index contributed by atoms with van der Waals surface area (Å²) in [5.41, 5.74) is 5.83. The molecule has 2 heterocycles. The van der Waals surface area contributed by atoms with E-state index in [-0.39, 0.29) is 12.6 Å². The molecule has 0 aliphatic rings. The average Bonchev–Trinajstić information content (AvgIpc) is 3.25. The molecule has 29 heavy (non-hydrogen) atoms. The Morgan fingerprint density at radius 3 is 2.41 bits per heavy atom. The van der Waals surface area contributed by atoms with E-state index in [1.54, 1.807) is 28.9 Å². The van der Waals surface area contributed by atoms with Gasteiger partial charge in [0.25, 0.3) is 5.91 Å². The molecule has 1 aromatic carbocycles. The van der Waals surface area contributed by atoms with Crippen LogP contribution in [0.5, 0.6) is 5.75 Å². The third kappa shape index (κ3) is 4.67. The monoisotopic (exact) mass is 395 g/mol. The maximum Gasteiger partial charge on any atom is 0.274 e. The molecule has 0 unspecified atom stereocenters. The van der Waals surface area contributed by atoms with Crippen LogP contribution >= 0.6 is 0 Å². The summed E-state index contributed by atoms with van der Waals surface area (Å²) in [6.45, 7) is 11.7. The molecule has 0 aliphatic heterocycles. The van der Waals surface area contributed by atoms with Gasteiger partial charge < -0.3 is 9.64 Å². The summed E-state index contributed by atoms with van der Waals surface area (Å²) in [5.74, 6) is 0.667. The summed E-state index contributed by atoms with van der Waals surface area (Å²) in [6.07, 6.45) is 1.76. The molecule has 1 amide bonds. The number of rotatable bonds is 7. The zero-order valence-corrected chi connectivity index (χ0v) is 18.1. The molecule has 0 aliphatic carbocycles. The molecule has 0 fully saturated rings. The van der Waals surface area contributed by atoms with E-state index in [2.05, 4.69) is 23.2 Å². The van der Waals surface area contributed by atoms with Gasteiger partial charge in [0.2, 0.25) is 0 Å². The molecule has 0 bridgehead atoms. The van der Waals surface area contributed by atoms with E-state index in [9.17, 15) is 4.79 Å². The van der Waals surface area contributed by atoms with Crippen LogP contribution in [0, 0.1) is 27.7 Å². The molecule has 0 saturated heterocycles. The quantitative estimate of drug-likeness (QED) is 0.613. The number of aromatic nitrogens is 4. The number of amides is 1. The zero-order chi connectivity index (χ0) is 21.1. The van der Waals surface area contributed by atoms with Crippen molar-refractivity contribution >= 4 is 5.91 Å². The van der Waals surface area contributed by atoms with Crippen molar-refractivity contribution in [2.24, 2.45) is 0 Å². The van der Waals surface area contributed by atoms with E-state index in [0.717, 1.165) is 40.4 Å². The minimum atomic E-state index is -0.127. The van der Waals surface area contributed by atoms with Gasteiger partial charge in [0.15, 0.2) is 12.4 Å². The maximum atomic E-state index is 12.8. The topological polar surface area (TPSA) is 65.2 Å². The van der Waals surface area contributed by atoms with Gasteiger partial charge in [-0.05, 0) is 63.9 Å². The van der Waals surface area contributed by atoms with Crippen molar-refractivity contribution < 1.29 is 9.53 Å². The molecular weight excluding hydrogens is 366 g/mol. The van der Waals surface area contributed by atoms with E-state index in [1.165, 1.54) is 0 Å². The maximum absolute atomic E-state index is 12.8. The summed E-state index contributed by atoms with van der Waals surface area (Å²) in [7, 11) is 1.79. The molecule has 0 radical (unpaired) electrons. The number of nitrogens with zero attached hydrogens (tertiary/aromatic N) is 5. The van der Waals surface area contributed by atoms with Gasteiger partial charge in [0.05, 0.1) is 5.69 Å². The first kappa shape index (κ1) is 20.6. The highest BCUT2D eigenvalue weighted by Crippen LogP contribution is 2.18. The first-order chi connectivity index (χ1) is 13.8. The van der Waals surface area contributed by atoms with Gasteiger partial charge in [-0.25, -0.2) is 4.68 Å². The Bertz CT molecular complexity index is 998. The molecule has 0 spiro atoms. The normalized spacial score (nSPS) is 11.0. The van der Waals surface area contributed by atoms with Crippen molar-refractivity contribution in [1.29, 1.82) is 0 Å². The highest BCUT2D eigenvalue weighted by molar-refractivity contribution is 5.92. The largest absolute Gasteiger partial charge is 0.471 e. The number of ether oxygens (including phenoxy) is 1. The van der Waals surface area contributed by atoms with Crippen molar-refractivity contribution in [3.05, 3.63) is 64.2 Å². The minimum Gasteiger partial charge on any atom is -0.471 e. The molecule has 3 aromatic rings. The number of carbonyl (C=O) groups excluding carboxylic acids is 1. The van der Waals surface area contributed by atoms with E-state index >= 15 is 0 Å². The molecular formula is C22H29N5O2. The van der Waals surface area contributed by atoms with Gasteiger partial charge >= 0.3 is 0 Å². The average molecular weight is 396 g/mol. The highest BCUT2D eigenvalue weighted by Gasteiger charge is 2.19. The van der Waals surface area contributed by atoms with Crippen molar-refractivity contribution in [1.82, 2.24) is 24.5 Å². The second-order valence-electron chi connectivity index (χ2n) is 7.46. The molecule has 3 rings (SSSR count). The number of aryl methyl sites for hydroxylation is 4. The summed E-state index contributed by atoms with van der Waals surface area (Å²) in [5, 5.41) is 8.90. The van der Waals surface area contributed by atoms with Crippen LogP contribution in [0.4, 0.5) is 0 Å². The van der Waals surface area contributed by atoms with Gasteiger partial charge in [-0.1, -0.05) is 6.07 Å². The SMILES string of the molecule is CCn1nc(C)c(CN(C)C(=O)c2ccn(COc3cc(C)cc(C)c3)n2)c1C. The summed E-state index contributed by atoms with van der Waals surface area (Å²) in [6, 6.07) is 7.79. The Hall–Kier alpha value is -3.09. The lowest BCUT2D eigenvalue weighted by Crippen LogP contribution is -2.27. The summed E-state index contributed by atoms with van der Waals surface area (Å²) < 4.78 is 9.40. The van der Waals surface area contributed by atoms with Crippen molar-refractivity contribution in [2.75, 3.05) is 7.05 Å². The molecule has 7 heteroatoms. The molecule has 2 aromatic heterocycles. The fourth-order valence-electron chi connectivity index (χ4n) is 3.48. The van der Waals surface area contributed by atoms with E-state index < -0.39 is 0 Å². The number of hydrogen-bond donors (Lipinski definition) is 0. The number of benzene rings is 1. The summed E-state index contributed by atoms with van der Waals surface area (Å²) >= 11 is 0. The van der Waals surface area contributed by atoms with Gasteiger partial charge in [0.1, 0.15) is 5.75 Å². The summed E-state index contributed by atoms with van der Waals surface area (Å²) in [4.78, 5) is 14.5. The van der Waals surface area contributed by atoms with Gasteiger partial charge in [0, 0.05) is 37.6 Å². The molecule has 0 N–H and O–H groups in total. The lowest BCUT2D eigenvalue weighted by atomic mass is 10.1. The van der Waals surface area contributed by atoms with Gasteiger partial charge in [-0.3, -0.25) is 9.48 Å². The fraction of sp³-hybridized carbons (Fsp3) is 0.409. The Labute approximate surface area is 171 Å². The lowest BCUT2D eigenvalue weighted by Gasteiger charge is -2.16. The van der Waals surface area contributed by atoms with E-state index in [0.29, 0.717) is 12.2 Å². The molecule has 7 nitrogen and oxygen atoms in total. The van der Waals surface area contributed by atoms with Crippen molar-refractivity contribution in [2.45, 2.75) is 54.4 Å². The van der Waals surface area contributed by atoms with Crippen LogP contribution in [-0.4, -0.2) is 37.4 Å². The number of carbonyl (C=O) groups is 1. The van der Waals surface area contributed by atoms with Crippen LogP contribution in [0.25, 0.3) is 0 Å². The second-order valence-corrected chi connectivity index (χ2v) is 7.46. The van der Waals surface area contributed by atoms with Crippen LogP contribution in [0.3, 0.4) is 0 Å². The zero-order valence-electron chi connectivity index (χ0n) is 18.1. The Balaban J connectivity index is 1.64. The van der Waals surface area contributed by atoms with E-state index in [1.807, 2.05) is 44.5 Å². The predicted molar refractivity (Wildman–Crippen MR) is 112 cm³/mol. The van der Waals surface area contributed by atoms with E-state index in [4.69, 9.17) is 4.74 Å². The third-order valence-electron chi connectivity index (χ3n) is 4.99. The van der Waals surface area contributed by atoms with Gasteiger partial charge in [-0.2, -0.15) is 10.2 Å². The van der Waals surface area contributed by atoms with Crippen LogP contribution in [0.1, 0.15) is 45.5 Å². The predicted octanol–water partition coefficient (Wildman–Crippen LogP) is 3.64. The van der Waals surface area contributed by atoms with Crippen LogP contribution < -0.4 is 4.74 Å². The Morgan fingerprint density at radius 2 is 1.79 bits per heavy atom. The fourth-order valence-corrected chi connectivity index (χ4v) is 3.48. The Morgan fingerprint density at radius 1 is 1.10 bits per heavy atom. The molecule has 0 saturated carbocycles. The highest BCUT2D eigenvalue weighted by atomic mass is 16.5. The number of hydrogen-bond acceptors (Lipinski definition) is 4. The van der Waals surface area contributed by atoms with Crippen LogP contribution in [0.15, 0.2) is 30.5 Å². The van der Waals surface area contributed by atoms with Gasteiger partial charge in [-0.15, -0.1) is 0 Å². The third-order valence-corrected chi connectivity index (χ3v) is 4.99. The van der Waals surface area contributed by atoms with Crippen LogP contribution in [0.2, 0.25) is 0 Å². The van der Waals surface area contributed by atoms with Crippen molar-refractivity contribution in [3.63, 3.8) is 0 Å². The minimum absolute atomic E-state index is 0.127. The lowest BCUT2D eigenvalue weighted by molar-refractivity contribution is 0.0776. The molecule has 0 atom stereocenters. The first-order valence-electron chi connectivity index (χ1n) is 9.81. The van der Waals surface area contributed by atoms with Crippen LogP contribution in [-0.2, 0) is 19.8 Å². The van der Waals surface area contributed by atoms with Crippen molar-refractivity contribution in [3.8, 4) is 5.75 Å². The smallest absolute Gasteiger partial charge is 0.274 e. The first-order valence-corrected chi connectivity index (χ1v) is 9.81. The standard InChI is InChI=1S/C22H29N5O2/c1-7-27-18(5)20(17(4)23-27)13-25(6)22(28)21-8-9-26(24-21)14-29-19-11-15(2)10-16(3)12-19/h8-12H,7,13-14H2,1-6H3. The Kier molecular flexibility index (Phi) is 6.06. The second kappa shape index (κ2) is 8.51.